The standard InChI is InChI=1S/C22H26N2OS/c1-15(21-12-16-4-5-19(21)11-16)24-22(25)18-6-8-20(9-7-18)26-14-17-3-2-10-23-13-17/h2-3,6-10,13,15-16,19,21H,4-5,11-12,14H2,1H3,(H,24,25)/t15-,16-,19-,21-/m0/s1. The van der Waals surface area contributed by atoms with E-state index in [0.717, 1.165) is 23.2 Å². The monoisotopic (exact) mass is 366 g/mol. The van der Waals surface area contributed by atoms with Crippen LogP contribution in [0, 0.1) is 17.8 Å². The van der Waals surface area contributed by atoms with Crippen molar-refractivity contribution in [2.24, 2.45) is 17.8 Å². The van der Waals surface area contributed by atoms with Crippen molar-refractivity contribution >= 4 is 17.7 Å². The molecule has 1 N–H and O–H groups in total. The van der Waals surface area contributed by atoms with Crippen LogP contribution in [0.5, 0.6) is 0 Å². The topological polar surface area (TPSA) is 42.0 Å². The van der Waals surface area contributed by atoms with Gasteiger partial charge < -0.3 is 5.32 Å². The minimum Gasteiger partial charge on any atom is -0.349 e. The average molecular weight is 367 g/mol. The van der Waals surface area contributed by atoms with Gasteiger partial charge in [0.1, 0.15) is 0 Å². The van der Waals surface area contributed by atoms with Crippen molar-refractivity contribution in [3.8, 4) is 0 Å². The van der Waals surface area contributed by atoms with Crippen molar-refractivity contribution in [1.29, 1.82) is 0 Å². The largest absolute Gasteiger partial charge is 0.349 e. The first-order chi connectivity index (χ1) is 12.7. The highest BCUT2D eigenvalue weighted by molar-refractivity contribution is 7.98. The van der Waals surface area contributed by atoms with Gasteiger partial charge in [-0.2, -0.15) is 0 Å². The predicted molar refractivity (Wildman–Crippen MR) is 106 cm³/mol. The fourth-order valence-electron chi connectivity index (χ4n) is 4.66. The fourth-order valence-corrected chi connectivity index (χ4v) is 5.49. The third-order valence-electron chi connectivity index (χ3n) is 6.04. The Balaban J connectivity index is 1.30. The SMILES string of the molecule is C[C@H](NC(=O)c1ccc(SCc2cccnc2)cc1)[C@@H]1C[C@H]2CC[C@H]1C2. The van der Waals surface area contributed by atoms with Crippen molar-refractivity contribution in [2.45, 2.75) is 49.3 Å². The zero-order valence-corrected chi connectivity index (χ0v) is 16.0. The molecule has 26 heavy (non-hydrogen) atoms. The van der Waals surface area contributed by atoms with E-state index in [4.69, 9.17) is 0 Å². The van der Waals surface area contributed by atoms with Crippen molar-refractivity contribution < 1.29 is 4.79 Å². The van der Waals surface area contributed by atoms with Crippen molar-refractivity contribution in [3.05, 3.63) is 59.9 Å². The molecule has 2 aliphatic carbocycles. The van der Waals surface area contributed by atoms with Gasteiger partial charge in [0.05, 0.1) is 0 Å². The molecule has 1 aromatic carbocycles. The molecule has 1 amide bonds. The molecule has 1 heterocycles. The van der Waals surface area contributed by atoms with E-state index in [2.05, 4.69) is 23.3 Å². The second-order valence-corrected chi connectivity index (χ2v) is 8.82. The molecule has 0 radical (unpaired) electrons. The highest BCUT2D eigenvalue weighted by atomic mass is 32.2. The van der Waals surface area contributed by atoms with Crippen LogP contribution in [-0.4, -0.2) is 16.9 Å². The van der Waals surface area contributed by atoms with E-state index < -0.39 is 0 Å². The van der Waals surface area contributed by atoms with Gasteiger partial charge >= 0.3 is 0 Å². The second kappa shape index (κ2) is 7.83. The van der Waals surface area contributed by atoms with Crippen LogP contribution in [0.1, 0.15) is 48.5 Å². The third-order valence-corrected chi connectivity index (χ3v) is 7.12. The smallest absolute Gasteiger partial charge is 0.251 e. The number of nitrogens with one attached hydrogen (secondary N) is 1. The van der Waals surface area contributed by atoms with Gasteiger partial charge in [-0.25, -0.2) is 0 Å². The normalized spacial score (nSPS) is 25.2. The maximum Gasteiger partial charge on any atom is 0.251 e. The summed E-state index contributed by atoms with van der Waals surface area (Å²) >= 11 is 1.76. The third kappa shape index (κ3) is 3.96. The first kappa shape index (κ1) is 17.6. The quantitative estimate of drug-likeness (QED) is 0.737. The number of carbonyl (C=O) groups is 1. The summed E-state index contributed by atoms with van der Waals surface area (Å²) in [6.07, 6.45) is 9.13. The minimum absolute atomic E-state index is 0.0593. The highest BCUT2D eigenvalue weighted by Crippen LogP contribution is 2.49. The Morgan fingerprint density at radius 2 is 2.08 bits per heavy atom. The van der Waals surface area contributed by atoms with Crippen molar-refractivity contribution in [1.82, 2.24) is 10.3 Å². The summed E-state index contributed by atoms with van der Waals surface area (Å²) in [6.45, 7) is 2.18. The Morgan fingerprint density at radius 3 is 2.73 bits per heavy atom. The number of aromatic nitrogens is 1. The molecule has 4 rings (SSSR count). The highest BCUT2D eigenvalue weighted by Gasteiger charge is 2.42. The van der Waals surface area contributed by atoms with E-state index in [1.54, 1.807) is 18.0 Å². The Morgan fingerprint density at radius 1 is 1.23 bits per heavy atom. The number of benzene rings is 1. The summed E-state index contributed by atoms with van der Waals surface area (Å²) in [5, 5.41) is 3.25. The number of amides is 1. The molecule has 0 unspecified atom stereocenters. The molecule has 0 aliphatic heterocycles. The molecular weight excluding hydrogens is 340 g/mol. The van der Waals surface area contributed by atoms with Crippen LogP contribution in [0.25, 0.3) is 0 Å². The number of hydrogen-bond donors (Lipinski definition) is 1. The summed E-state index contributed by atoms with van der Waals surface area (Å²) < 4.78 is 0. The number of hydrogen-bond acceptors (Lipinski definition) is 3. The Hall–Kier alpha value is -1.81. The molecule has 2 aliphatic rings. The van der Waals surface area contributed by atoms with E-state index in [0.29, 0.717) is 5.92 Å². The van der Waals surface area contributed by atoms with Gasteiger partial charge in [0, 0.05) is 34.6 Å². The van der Waals surface area contributed by atoms with Gasteiger partial charge in [0.15, 0.2) is 0 Å². The van der Waals surface area contributed by atoms with Crippen molar-refractivity contribution in [3.63, 3.8) is 0 Å². The van der Waals surface area contributed by atoms with Gasteiger partial charge in [-0.05, 0) is 79.8 Å². The number of nitrogens with zero attached hydrogens (tertiary/aromatic N) is 1. The Kier molecular flexibility index (Phi) is 5.30. The molecule has 2 aromatic rings. The van der Waals surface area contributed by atoms with E-state index >= 15 is 0 Å². The molecular formula is C22H26N2OS. The van der Waals surface area contributed by atoms with Gasteiger partial charge in [0.25, 0.3) is 5.91 Å². The maximum absolute atomic E-state index is 12.6. The Labute approximate surface area is 160 Å². The maximum atomic E-state index is 12.6. The summed E-state index contributed by atoms with van der Waals surface area (Å²) in [7, 11) is 0. The van der Waals surface area contributed by atoms with Gasteiger partial charge in [0.2, 0.25) is 0 Å². The van der Waals surface area contributed by atoms with E-state index in [-0.39, 0.29) is 11.9 Å². The van der Waals surface area contributed by atoms with Gasteiger partial charge in [-0.3, -0.25) is 9.78 Å². The molecule has 4 atom stereocenters. The van der Waals surface area contributed by atoms with E-state index in [9.17, 15) is 4.79 Å². The van der Waals surface area contributed by atoms with Crippen molar-refractivity contribution in [2.75, 3.05) is 0 Å². The molecule has 4 heteroatoms. The summed E-state index contributed by atoms with van der Waals surface area (Å²) in [4.78, 5) is 17.9. The van der Waals surface area contributed by atoms with Gasteiger partial charge in [-0.15, -0.1) is 11.8 Å². The molecule has 0 saturated heterocycles. The number of rotatable bonds is 6. The minimum atomic E-state index is 0.0593. The molecule has 2 saturated carbocycles. The van der Waals surface area contributed by atoms with Crippen LogP contribution in [0.3, 0.4) is 0 Å². The molecule has 0 spiro atoms. The van der Waals surface area contributed by atoms with Crippen LogP contribution in [-0.2, 0) is 5.75 Å². The van der Waals surface area contributed by atoms with Crippen LogP contribution in [0.15, 0.2) is 53.7 Å². The average Bonchev–Trinajstić information content (AvgIpc) is 3.31. The molecule has 136 valence electrons. The van der Waals surface area contributed by atoms with Crippen LogP contribution in [0.2, 0.25) is 0 Å². The number of carbonyl (C=O) groups excluding carboxylic acids is 1. The molecule has 1 aromatic heterocycles. The first-order valence-electron chi connectivity index (χ1n) is 9.61. The molecule has 3 nitrogen and oxygen atoms in total. The summed E-state index contributed by atoms with van der Waals surface area (Å²) in [6, 6.07) is 12.3. The number of fused-ring (bicyclic) bond motifs is 2. The lowest BCUT2D eigenvalue weighted by atomic mass is 9.84. The Bertz CT molecular complexity index is 746. The van der Waals surface area contributed by atoms with Crippen LogP contribution < -0.4 is 5.32 Å². The van der Waals surface area contributed by atoms with Crippen LogP contribution in [0.4, 0.5) is 0 Å². The number of pyridine rings is 1. The molecule has 2 bridgehead atoms. The fraction of sp³-hybridized carbons (Fsp3) is 0.455. The predicted octanol–water partition coefficient (Wildman–Crippen LogP) is 4.93. The lowest BCUT2D eigenvalue weighted by Gasteiger charge is -2.28. The lowest BCUT2D eigenvalue weighted by Crippen LogP contribution is -2.40. The van der Waals surface area contributed by atoms with Crippen LogP contribution >= 0.6 is 11.8 Å². The van der Waals surface area contributed by atoms with E-state index in [1.165, 1.54) is 36.1 Å². The summed E-state index contributed by atoms with van der Waals surface area (Å²) in [5.41, 5.74) is 1.96. The lowest BCUT2D eigenvalue weighted by molar-refractivity contribution is 0.0915. The van der Waals surface area contributed by atoms with E-state index in [1.807, 2.05) is 36.5 Å². The van der Waals surface area contributed by atoms with Gasteiger partial charge in [-0.1, -0.05) is 12.5 Å². The zero-order valence-electron chi connectivity index (χ0n) is 15.2. The molecule has 2 fully saturated rings. The number of thioether (sulfide) groups is 1. The first-order valence-corrected chi connectivity index (χ1v) is 10.6. The second-order valence-electron chi connectivity index (χ2n) is 7.78. The zero-order chi connectivity index (χ0) is 17.9. The summed E-state index contributed by atoms with van der Waals surface area (Å²) in [5.74, 6) is 3.37.